The predicted octanol–water partition coefficient (Wildman–Crippen LogP) is 3.59. The van der Waals surface area contributed by atoms with E-state index in [1.165, 1.54) is 0 Å². The summed E-state index contributed by atoms with van der Waals surface area (Å²) in [6.07, 6.45) is 2.92. The molecule has 8 nitrogen and oxygen atoms in total. The number of hydrogen-bond acceptors (Lipinski definition) is 7. The maximum Gasteiger partial charge on any atom is 0.271 e. The van der Waals surface area contributed by atoms with Gasteiger partial charge in [-0.1, -0.05) is 0 Å². The Morgan fingerprint density at radius 1 is 1.28 bits per heavy atom. The number of aliphatic hydroxyl groups is 1. The molecular weight excluding hydrogens is 463 g/mol. The Kier molecular flexibility index (Phi) is 6.13. The number of nitrogens with zero attached hydrogens (tertiary/aromatic N) is 2. The monoisotopic (exact) mass is 477 g/mol. The molecule has 1 aromatic heterocycles. The summed E-state index contributed by atoms with van der Waals surface area (Å²) in [4.78, 5) is 30.9. The summed E-state index contributed by atoms with van der Waals surface area (Å²) in [7, 11) is 0. The molecule has 0 radical (unpaired) electrons. The van der Waals surface area contributed by atoms with Crippen molar-refractivity contribution in [2.75, 3.05) is 6.54 Å². The average Bonchev–Trinajstić information content (AvgIpc) is 3.57. The maximum absolute atomic E-state index is 13.1. The van der Waals surface area contributed by atoms with Crippen molar-refractivity contribution in [3.05, 3.63) is 28.6 Å². The highest BCUT2D eigenvalue weighted by atomic mass is 79.9. The molecule has 1 amide bonds. The Bertz CT molecular complexity index is 927. The van der Waals surface area contributed by atoms with Crippen LogP contribution in [0, 0.1) is 5.92 Å². The van der Waals surface area contributed by atoms with E-state index in [2.05, 4.69) is 46.0 Å². The maximum atomic E-state index is 13.1. The summed E-state index contributed by atoms with van der Waals surface area (Å²) in [5.41, 5.74) is -1.51. The molecule has 29 heavy (non-hydrogen) atoms. The number of carbonyl (C=O) groups is 1. The van der Waals surface area contributed by atoms with Gasteiger partial charge in [0.25, 0.3) is 11.7 Å². The second kappa shape index (κ2) is 8.41. The van der Waals surface area contributed by atoms with Gasteiger partial charge in [0.2, 0.25) is 11.5 Å². The van der Waals surface area contributed by atoms with E-state index in [1.807, 2.05) is 0 Å². The molecule has 1 aliphatic carbocycles. The summed E-state index contributed by atoms with van der Waals surface area (Å²) in [6.45, 7) is 1.63. The molecule has 0 spiro atoms. The second-order valence-electron chi connectivity index (χ2n) is 6.71. The molecule has 2 aromatic rings. The minimum Gasteiger partial charge on any atom is -0.388 e. The molecule has 1 fully saturated rings. The summed E-state index contributed by atoms with van der Waals surface area (Å²) in [5.74, 6) is -3.16. The molecule has 1 aliphatic rings. The standard InChI is InChI=1S/C17H15BrF3N3O5/c1-17(26,8-2-3-8)7-23-16(25)10-6-22-15(18)12(24-10)9-4-5-11(27-19)14(29-21)13(9)28-20/h4-6,8,26H,2-3,7H2,1H3,(H,23,25)/t17-/m0/s1. The third-order valence-electron chi connectivity index (χ3n) is 4.59. The van der Waals surface area contributed by atoms with Crippen LogP contribution >= 0.6 is 15.9 Å². The summed E-state index contributed by atoms with van der Waals surface area (Å²) in [5, 5.41) is 12.9. The van der Waals surface area contributed by atoms with Crippen LogP contribution in [0.5, 0.6) is 17.2 Å². The molecule has 0 unspecified atom stereocenters. The minimum atomic E-state index is -1.05. The van der Waals surface area contributed by atoms with E-state index in [0.29, 0.717) is 0 Å². The molecule has 1 atom stereocenters. The van der Waals surface area contributed by atoms with Crippen LogP contribution in [-0.2, 0) is 0 Å². The Morgan fingerprint density at radius 2 is 1.97 bits per heavy atom. The lowest BCUT2D eigenvalue weighted by Gasteiger charge is -2.23. The highest BCUT2D eigenvalue weighted by molar-refractivity contribution is 9.10. The van der Waals surface area contributed by atoms with Gasteiger partial charge in [0.15, 0.2) is 0 Å². The lowest BCUT2D eigenvalue weighted by molar-refractivity contribution is -0.0553. The summed E-state index contributed by atoms with van der Waals surface area (Å²) >= 11 is 3.10. The molecule has 156 valence electrons. The van der Waals surface area contributed by atoms with Crippen LogP contribution in [0.25, 0.3) is 11.3 Å². The number of amides is 1. The van der Waals surface area contributed by atoms with Gasteiger partial charge in [-0.3, -0.25) is 19.6 Å². The Labute approximate surface area is 170 Å². The van der Waals surface area contributed by atoms with E-state index < -0.39 is 28.8 Å². The van der Waals surface area contributed by atoms with Gasteiger partial charge < -0.3 is 10.4 Å². The van der Waals surface area contributed by atoms with Gasteiger partial charge >= 0.3 is 0 Å². The van der Waals surface area contributed by atoms with E-state index in [4.69, 9.17) is 0 Å². The van der Waals surface area contributed by atoms with E-state index >= 15 is 0 Å². The van der Waals surface area contributed by atoms with Gasteiger partial charge in [-0.2, -0.15) is 0 Å². The van der Waals surface area contributed by atoms with Crippen molar-refractivity contribution in [1.82, 2.24) is 15.3 Å². The van der Waals surface area contributed by atoms with Crippen molar-refractivity contribution >= 4 is 21.8 Å². The Hall–Kier alpha value is -2.60. The Balaban J connectivity index is 1.92. The van der Waals surface area contributed by atoms with E-state index in [9.17, 15) is 23.5 Å². The largest absolute Gasteiger partial charge is 0.388 e. The van der Waals surface area contributed by atoms with Crippen LogP contribution in [0.1, 0.15) is 30.3 Å². The normalized spacial score (nSPS) is 15.4. The fraction of sp³-hybridized carbons (Fsp3) is 0.353. The SMILES string of the molecule is C[C@](O)(CNC(=O)c1cnc(Br)c(-c2ccc(OF)c(OF)c2OF)n1)C1CC1. The van der Waals surface area contributed by atoms with E-state index in [1.54, 1.807) is 6.92 Å². The lowest BCUT2D eigenvalue weighted by atomic mass is 10.0. The van der Waals surface area contributed by atoms with E-state index in [0.717, 1.165) is 31.2 Å². The quantitative estimate of drug-likeness (QED) is 0.598. The highest BCUT2D eigenvalue weighted by Gasteiger charge is 2.40. The van der Waals surface area contributed by atoms with Crippen molar-refractivity contribution < 1.29 is 38.3 Å². The fourth-order valence-corrected chi connectivity index (χ4v) is 3.20. The van der Waals surface area contributed by atoms with Gasteiger partial charge in [-0.05, 0) is 53.7 Å². The molecule has 1 aromatic carbocycles. The first-order chi connectivity index (χ1) is 13.8. The van der Waals surface area contributed by atoms with Crippen molar-refractivity contribution in [2.45, 2.75) is 25.4 Å². The second-order valence-corrected chi connectivity index (χ2v) is 7.46. The number of rotatable bonds is 8. The number of hydrogen-bond donors (Lipinski definition) is 2. The molecule has 1 heterocycles. The third-order valence-corrected chi connectivity index (χ3v) is 5.17. The molecule has 0 aliphatic heterocycles. The van der Waals surface area contributed by atoms with Crippen LogP contribution < -0.4 is 20.1 Å². The van der Waals surface area contributed by atoms with Gasteiger partial charge in [-0.15, -0.1) is 0 Å². The van der Waals surface area contributed by atoms with Crippen molar-refractivity contribution in [2.24, 2.45) is 5.92 Å². The van der Waals surface area contributed by atoms with Crippen molar-refractivity contribution in [1.29, 1.82) is 0 Å². The number of nitrogens with one attached hydrogen (secondary N) is 1. The number of aromatic nitrogens is 2. The fourth-order valence-electron chi connectivity index (χ4n) is 2.80. The van der Waals surface area contributed by atoms with Gasteiger partial charge in [0.1, 0.15) is 16.0 Å². The summed E-state index contributed by atoms with van der Waals surface area (Å²) in [6, 6.07) is 2.06. The van der Waals surface area contributed by atoms with Crippen LogP contribution in [0.3, 0.4) is 0 Å². The van der Waals surface area contributed by atoms with Gasteiger partial charge in [0, 0.05) is 20.1 Å². The number of benzene rings is 1. The van der Waals surface area contributed by atoms with Crippen LogP contribution in [0.15, 0.2) is 22.9 Å². The molecule has 12 heteroatoms. The molecule has 3 rings (SSSR count). The first-order valence-electron chi connectivity index (χ1n) is 8.38. The molecule has 0 saturated heterocycles. The zero-order valence-corrected chi connectivity index (χ0v) is 16.5. The van der Waals surface area contributed by atoms with Crippen LogP contribution in [0.4, 0.5) is 13.6 Å². The van der Waals surface area contributed by atoms with Crippen molar-refractivity contribution in [3.8, 4) is 28.5 Å². The zero-order valence-electron chi connectivity index (χ0n) is 14.9. The van der Waals surface area contributed by atoms with Crippen LogP contribution in [0.2, 0.25) is 0 Å². The lowest BCUT2D eigenvalue weighted by Crippen LogP contribution is -2.42. The third kappa shape index (κ3) is 4.37. The average molecular weight is 478 g/mol. The zero-order chi connectivity index (χ0) is 21.2. The first-order valence-corrected chi connectivity index (χ1v) is 9.18. The number of halogens is 4. The first kappa shape index (κ1) is 21.1. The van der Waals surface area contributed by atoms with Crippen LogP contribution in [-0.4, -0.2) is 33.1 Å². The summed E-state index contributed by atoms with van der Waals surface area (Å²) < 4.78 is 38.4. The Morgan fingerprint density at radius 3 is 2.55 bits per heavy atom. The van der Waals surface area contributed by atoms with Crippen molar-refractivity contribution in [3.63, 3.8) is 0 Å². The molecule has 0 bridgehead atoms. The molecule has 2 N–H and O–H groups in total. The van der Waals surface area contributed by atoms with E-state index in [-0.39, 0.29) is 34.0 Å². The molecule has 1 saturated carbocycles. The van der Waals surface area contributed by atoms with Gasteiger partial charge in [0.05, 0.1) is 17.4 Å². The van der Waals surface area contributed by atoms with Gasteiger partial charge in [-0.25, -0.2) is 9.97 Å². The molecular formula is C17H15BrF3N3O5. The topological polar surface area (TPSA) is 103 Å². The number of carbonyl (C=O) groups excluding carboxylic acids is 1. The smallest absolute Gasteiger partial charge is 0.271 e. The highest BCUT2D eigenvalue weighted by Crippen LogP contribution is 2.46. The predicted molar refractivity (Wildman–Crippen MR) is 96.1 cm³/mol. The minimum absolute atomic E-state index is 0.00476.